The fourth-order valence-corrected chi connectivity index (χ4v) is 8.26. The topological polar surface area (TPSA) is 215 Å². The highest BCUT2D eigenvalue weighted by Crippen LogP contribution is 2.50. The van der Waals surface area contributed by atoms with Crippen LogP contribution in [0.25, 0.3) is 0 Å². The fraction of sp³-hybridized carbons (Fsp3) is 0.444. The SMILES string of the molecule is COc1cc2c(cc1OC(C)=O)CCN1C(Cc3ccc(OC(C)=O)cc3)c3cc(OC4OC(COC(C)=O)C(OC(C)=O)C(OC(C)=O)C4OC(C)=O)c(OC(C)=O)cc3CC21. The number of hydrogen-bond donors (Lipinski definition) is 0. The van der Waals surface area contributed by atoms with Gasteiger partial charge in [-0.3, -0.25) is 38.5 Å². The van der Waals surface area contributed by atoms with E-state index in [9.17, 15) is 33.6 Å². The molecule has 1 fully saturated rings. The van der Waals surface area contributed by atoms with Crippen LogP contribution in [-0.2, 0) is 76.5 Å². The van der Waals surface area contributed by atoms with Gasteiger partial charge in [-0.25, -0.2) is 0 Å². The lowest BCUT2D eigenvalue weighted by Crippen LogP contribution is -2.63. The monoisotopic (exact) mass is 875 g/mol. The van der Waals surface area contributed by atoms with Crippen LogP contribution in [0.5, 0.6) is 28.7 Å². The van der Waals surface area contributed by atoms with Crippen LogP contribution in [0.15, 0.2) is 48.5 Å². The number of esters is 7. The van der Waals surface area contributed by atoms with Crippen LogP contribution in [0, 0.1) is 0 Å². The van der Waals surface area contributed by atoms with Crippen LogP contribution >= 0.6 is 0 Å². The van der Waals surface area contributed by atoms with Crippen molar-refractivity contribution in [2.45, 2.75) is 111 Å². The summed E-state index contributed by atoms with van der Waals surface area (Å²) >= 11 is 0. The van der Waals surface area contributed by atoms with Crippen molar-refractivity contribution in [2.75, 3.05) is 20.3 Å². The Hall–Kier alpha value is -6.53. The van der Waals surface area contributed by atoms with Gasteiger partial charge in [0.1, 0.15) is 18.5 Å². The van der Waals surface area contributed by atoms with Crippen LogP contribution in [0.4, 0.5) is 0 Å². The molecular weight excluding hydrogens is 826 g/mol. The van der Waals surface area contributed by atoms with Crippen molar-refractivity contribution in [3.8, 4) is 28.7 Å². The van der Waals surface area contributed by atoms with Crippen molar-refractivity contribution >= 4 is 41.8 Å². The van der Waals surface area contributed by atoms with Gasteiger partial charge >= 0.3 is 41.8 Å². The molecule has 0 aromatic heterocycles. The Kier molecular flexibility index (Phi) is 14.4. The zero-order chi connectivity index (χ0) is 45.7. The van der Waals surface area contributed by atoms with Crippen molar-refractivity contribution in [2.24, 2.45) is 0 Å². The minimum Gasteiger partial charge on any atom is -0.493 e. The molecule has 0 aliphatic carbocycles. The van der Waals surface area contributed by atoms with E-state index in [1.807, 2.05) is 24.3 Å². The molecule has 3 aliphatic rings. The summed E-state index contributed by atoms with van der Waals surface area (Å²) in [6.45, 7) is 8.43. The summed E-state index contributed by atoms with van der Waals surface area (Å²) in [5.74, 6) is -3.76. The number of nitrogens with zero attached hydrogens (tertiary/aromatic N) is 1. The van der Waals surface area contributed by atoms with Gasteiger partial charge in [0.25, 0.3) is 0 Å². The highest BCUT2D eigenvalue weighted by Gasteiger charge is 2.54. The summed E-state index contributed by atoms with van der Waals surface area (Å²) in [7, 11) is 1.49. The van der Waals surface area contributed by atoms with Gasteiger partial charge in [0.05, 0.1) is 7.11 Å². The van der Waals surface area contributed by atoms with Crippen LogP contribution in [0.2, 0.25) is 0 Å². The molecule has 7 atom stereocenters. The first-order valence-corrected chi connectivity index (χ1v) is 20.1. The second-order valence-corrected chi connectivity index (χ2v) is 15.2. The lowest BCUT2D eigenvalue weighted by atomic mass is 9.79. The quantitative estimate of drug-likeness (QED) is 0.132. The maximum absolute atomic E-state index is 12.7. The summed E-state index contributed by atoms with van der Waals surface area (Å²) in [6.07, 6.45) is -5.98. The molecule has 7 unspecified atom stereocenters. The van der Waals surface area contributed by atoms with E-state index in [1.54, 1.807) is 24.3 Å². The summed E-state index contributed by atoms with van der Waals surface area (Å²) in [6, 6.07) is 13.6. The number of carbonyl (C=O) groups excluding carboxylic acids is 7. The number of fused-ring (bicyclic) bond motifs is 4. The minimum absolute atomic E-state index is 0.0224. The molecule has 63 heavy (non-hydrogen) atoms. The molecule has 0 radical (unpaired) electrons. The Labute approximate surface area is 362 Å². The summed E-state index contributed by atoms with van der Waals surface area (Å²) in [5.41, 5.74) is 4.37. The molecule has 0 N–H and O–H groups in total. The van der Waals surface area contributed by atoms with Gasteiger partial charge in [0.2, 0.25) is 12.4 Å². The number of methoxy groups -OCH3 is 1. The molecule has 0 bridgehead atoms. The Morgan fingerprint density at radius 3 is 1.78 bits per heavy atom. The molecule has 3 aromatic carbocycles. The molecule has 0 spiro atoms. The molecule has 0 saturated carbocycles. The summed E-state index contributed by atoms with van der Waals surface area (Å²) in [5, 5.41) is 0. The first kappa shape index (κ1) is 46.0. The van der Waals surface area contributed by atoms with Gasteiger partial charge in [-0.1, -0.05) is 12.1 Å². The van der Waals surface area contributed by atoms with Gasteiger partial charge in [0.15, 0.2) is 35.2 Å². The number of hydrogen-bond acceptors (Lipinski definition) is 18. The maximum Gasteiger partial charge on any atom is 0.308 e. The predicted molar refractivity (Wildman–Crippen MR) is 216 cm³/mol. The van der Waals surface area contributed by atoms with Gasteiger partial charge in [-0.05, 0) is 83.5 Å². The fourth-order valence-electron chi connectivity index (χ4n) is 8.26. The number of carbonyl (C=O) groups is 7. The highest BCUT2D eigenvalue weighted by atomic mass is 16.7. The van der Waals surface area contributed by atoms with Gasteiger partial charge in [-0.15, -0.1) is 0 Å². The van der Waals surface area contributed by atoms with E-state index in [2.05, 4.69) is 4.90 Å². The lowest BCUT2D eigenvalue weighted by molar-refractivity contribution is -0.288. The Balaban J connectivity index is 1.48. The van der Waals surface area contributed by atoms with Crippen molar-refractivity contribution in [1.29, 1.82) is 0 Å². The minimum atomic E-state index is -1.62. The predicted octanol–water partition coefficient (Wildman–Crippen LogP) is 4.37. The summed E-state index contributed by atoms with van der Waals surface area (Å²) < 4.78 is 57.0. The highest BCUT2D eigenvalue weighted by molar-refractivity contribution is 5.72. The molecule has 3 heterocycles. The Morgan fingerprint density at radius 2 is 1.19 bits per heavy atom. The Morgan fingerprint density at radius 1 is 0.619 bits per heavy atom. The zero-order valence-electron chi connectivity index (χ0n) is 36.1. The van der Waals surface area contributed by atoms with Crippen LogP contribution in [0.3, 0.4) is 0 Å². The van der Waals surface area contributed by atoms with Crippen LogP contribution < -0.4 is 23.7 Å². The molecule has 18 nitrogen and oxygen atoms in total. The normalized spacial score (nSPS) is 22.4. The Bertz CT molecular complexity index is 2270. The van der Waals surface area contributed by atoms with E-state index in [-0.39, 0.29) is 23.6 Å². The van der Waals surface area contributed by atoms with Crippen LogP contribution in [-0.4, -0.2) is 97.7 Å². The van der Waals surface area contributed by atoms with Crippen molar-refractivity contribution < 1.29 is 80.9 Å². The molecule has 3 aliphatic heterocycles. The molecule has 1 saturated heterocycles. The molecule has 6 rings (SSSR count). The van der Waals surface area contributed by atoms with E-state index < -0.39 is 79.1 Å². The van der Waals surface area contributed by atoms with E-state index in [1.165, 1.54) is 27.9 Å². The average Bonchev–Trinajstić information content (AvgIpc) is 3.19. The second-order valence-electron chi connectivity index (χ2n) is 15.2. The molecule has 336 valence electrons. The third-order valence-electron chi connectivity index (χ3n) is 10.5. The molecule has 3 aromatic rings. The number of rotatable bonds is 13. The number of ether oxygens (including phenoxy) is 10. The van der Waals surface area contributed by atoms with Gasteiger partial charge in [0, 0.05) is 67.1 Å². The first-order chi connectivity index (χ1) is 29.9. The summed E-state index contributed by atoms with van der Waals surface area (Å²) in [4.78, 5) is 88.1. The third kappa shape index (κ3) is 11.1. The molecular formula is C45H49NO17. The van der Waals surface area contributed by atoms with E-state index in [0.717, 1.165) is 55.5 Å². The van der Waals surface area contributed by atoms with Crippen molar-refractivity contribution in [3.05, 3.63) is 76.3 Å². The van der Waals surface area contributed by atoms with Crippen LogP contribution in [0.1, 0.15) is 88.4 Å². The van der Waals surface area contributed by atoms with Gasteiger partial charge < -0.3 is 47.4 Å². The molecule has 0 amide bonds. The van der Waals surface area contributed by atoms with E-state index >= 15 is 0 Å². The largest absolute Gasteiger partial charge is 0.493 e. The second kappa shape index (κ2) is 19.7. The average molecular weight is 876 g/mol. The van der Waals surface area contributed by atoms with E-state index in [4.69, 9.17) is 47.4 Å². The maximum atomic E-state index is 12.7. The van der Waals surface area contributed by atoms with Crippen molar-refractivity contribution in [1.82, 2.24) is 4.90 Å². The molecule has 18 heteroatoms. The van der Waals surface area contributed by atoms with Crippen molar-refractivity contribution in [3.63, 3.8) is 0 Å². The zero-order valence-corrected chi connectivity index (χ0v) is 36.1. The van der Waals surface area contributed by atoms with E-state index in [0.29, 0.717) is 43.1 Å². The lowest BCUT2D eigenvalue weighted by Gasteiger charge is -2.47. The first-order valence-electron chi connectivity index (χ1n) is 20.1. The van der Waals surface area contributed by atoms with Gasteiger partial charge in [-0.2, -0.15) is 0 Å². The third-order valence-corrected chi connectivity index (χ3v) is 10.5. The number of benzene rings is 3. The smallest absolute Gasteiger partial charge is 0.308 e. The standard InChI is InChI=1S/C45H49NO17/c1-22(47)55-21-41-42(59-26(5)51)43(60-27(6)52)44(61-28(7)53)45(63-41)62-40-20-34-31(18-39(40)58-25(4)50)16-36-33-19-37(54-8)38(57-24(3)49)17-30(33)13-14-46(36)35(34)15-29-9-11-32(12-10-29)56-23(2)48/h9-12,17-20,35-36,41-45H,13-16,21H2,1-8H3.